The van der Waals surface area contributed by atoms with Gasteiger partial charge >= 0.3 is 12.1 Å². The van der Waals surface area contributed by atoms with Crippen LogP contribution in [0.2, 0.25) is 0 Å². The molecule has 0 N–H and O–H groups in total. The predicted molar refractivity (Wildman–Crippen MR) is 146 cm³/mol. The number of rotatable bonds is 12. The average Bonchev–Trinajstić information content (AvgIpc) is 3.26. The number of pyridine rings is 1. The van der Waals surface area contributed by atoms with Gasteiger partial charge in [-0.05, 0) is 65.0 Å². The van der Waals surface area contributed by atoms with Gasteiger partial charge in [0.15, 0.2) is 0 Å². The van der Waals surface area contributed by atoms with E-state index in [1.165, 1.54) is 6.42 Å². The van der Waals surface area contributed by atoms with E-state index in [-0.39, 0.29) is 36.8 Å². The van der Waals surface area contributed by atoms with E-state index in [0.717, 1.165) is 49.9 Å². The lowest BCUT2D eigenvalue weighted by atomic mass is 9.87. The van der Waals surface area contributed by atoms with Crippen molar-refractivity contribution in [1.29, 1.82) is 0 Å². The van der Waals surface area contributed by atoms with Crippen molar-refractivity contribution in [3.05, 3.63) is 29.8 Å². The first kappa shape index (κ1) is 29.5. The molecule has 0 radical (unpaired) electrons. The Balaban J connectivity index is 1.61. The molecule has 0 unspecified atom stereocenters. The van der Waals surface area contributed by atoms with Crippen molar-refractivity contribution in [2.24, 2.45) is 13.0 Å². The number of carbonyl (C=O) groups excluding carboxylic acids is 2. The van der Waals surface area contributed by atoms with Gasteiger partial charge in [0, 0.05) is 20.6 Å². The maximum Gasteiger partial charge on any atom is 0.409 e. The number of esters is 1. The summed E-state index contributed by atoms with van der Waals surface area (Å²) < 4.78 is 19.1. The summed E-state index contributed by atoms with van der Waals surface area (Å²) in [5.74, 6) is 0.438. The molecule has 2 atom stereocenters. The summed E-state index contributed by atoms with van der Waals surface area (Å²) in [6.07, 6.45) is 8.92. The molecule has 0 aliphatic heterocycles. The molecule has 2 heterocycles. The van der Waals surface area contributed by atoms with Gasteiger partial charge in [0.1, 0.15) is 18.1 Å². The Labute approximate surface area is 226 Å². The summed E-state index contributed by atoms with van der Waals surface area (Å²) in [7, 11) is 3.64. The highest BCUT2D eigenvalue weighted by Crippen LogP contribution is 2.31. The van der Waals surface area contributed by atoms with E-state index in [1.54, 1.807) is 18.3 Å². The molecule has 2 aromatic heterocycles. The third-order valence-corrected chi connectivity index (χ3v) is 6.94. The Hall–Kier alpha value is -3.10. The number of ether oxygens (including phenoxy) is 3. The third kappa shape index (κ3) is 8.20. The van der Waals surface area contributed by atoms with Crippen molar-refractivity contribution in [3.63, 3.8) is 0 Å². The van der Waals surface area contributed by atoms with Gasteiger partial charge in [-0.3, -0.25) is 4.79 Å². The van der Waals surface area contributed by atoms with E-state index in [0.29, 0.717) is 30.1 Å². The minimum Gasteiger partial charge on any atom is -0.489 e. The monoisotopic (exact) mass is 528 g/mol. The number of carbonyl (C=O) groups is 2. The highest BCUT2D eigenvalue weighted by Gasteiger charge is 2.30. The summed E-state index contributed by atoms with van der Waals surface area (Å²) in [5.41, 5.74) is 2.89. The molecule has 0 aromatic carbocycles. The Kier molecular flexibility index (Phi) is 11.0. The lowest BCUT2D eigenvalue weighted by Crippen LogP contribution is -2.31. The average molecular weight is 529 g/mol. The number of unbranched alkanes of at least 4 members (excludes halogenated alkanes) is 3. The number of hydrogen-bond donors (Lipinski definition) is 0. The Bertz CT molecular complexity index is 1070. The Morgan fingerprint density at radius 2 is 1.97 bits per heavy atom. The second-order valence-corrected chi connectivity index (χ2v) is 10.6. The molecule has 1 aliphatic carbocycles. The fourth-order valence-electron chi connectivity index (χ4n) is 4.73. The van der Waals surface area contributed by atoms with Crippen LogP contribution in [0.15, 0.2) is 18.5 Å². The zero-order valence-electron chi connectivity index (χ0n) is 23.9. The second-order valence-electron chi connectivity index (χ2n) is 10.6. The van der Waals surface area contributed by atoms with Gasteiger partial charge in [-0.25, -0.2) is 14.8 Å². The van der Waals surface area contributed by atoms with E-state index < -0.39 is 0 Å². The van der Waals surface area contributed by atoms with Crippen molar-refractivity contribution >= 4 is 12.1 Å². The van der Waals surface area contributed by atoms with Gasteiger partial charge < -0.3 is 23.7 Å². The molecule has 1 aliphatic rings. The van der Waals surface area contributed by atoms with Crippen molar-refractivity contribution in [2.75, 3.05) is 13.6 Å². The highest BCUT2D eigenvalue weighted by molar-refractivity contribution is 5.72. The molecule has 9 nitrogen and oxygen atoms in total. The van der Waals surface area contributed by atoms with E-state index in [4.69, 9.17) is 19.2 Å². The molecule has 210 valence electrons. The summed E-state index contributed by atoms with van der Waals surface area (Å²) in [6, 6.07) is 3.78. The van der Waals surface area contributed by atoms with E-state index in [1.807, 2.05) is 44.5 Å². The quantitative estimate of drug-likeness (QED) is 0.253. The minimum absolute atomic E-state index is 0.0522. The molecule has 3 rings (SSSR count). The molecule has 1 saturated carbocycles. The number of imidazole rings is 1. The van der Waals surface area contributed by atoms with Gasteiger partial charge in [0.05, 0.1) is 41.5 Å². The van der Waals surface area contributed by atoms with Crippen LogP contribution in [0.1, 0.15) is 83.5 Å². The van der Waals surface area contributed by atoms with Crippen LogP contribution in [0.3, 0.4) is 0 Å². The Morgan fingerprint density at radius 1 is 1.18 bits per heavy atom. The number of aromatic nitrogens is 3. The van der Waals surface area contributed by atoms with Gasteiger partial charge in [0.25, 0.3) is 0 Å². The highest BCUT2D eigenvalue weighted by atomic mass is 16.6. The molecule has 0 saturated heterocycles. The van der Waals surface area contributed by atoms with E-state index in [2.05, 4.69) is 11.9 Å². The molecular formula is C29H44N4O5. The van der Waals surface area contributed by atoms with E-state index >= 15 is 0 Å². The maximum atomic E-state index is 12.5. The SMILES string of the molecule is CCCCCCN(C)C(=O)OCc1c(-c2ccc(O[C@H]3CCC[C@H](C(=O)OC(C)C)C3)c(C)n2)ncn1C. The van der Waals surface area contributed by atoms with Crippen molar-refractivity contribution < 1.29 is 23.8 Å². The molecule has 1 amide bonds. The molecule has 0 spiro atoms. The zero-order chi connectivity index (χ0) is 27.7. The van der Waals surface area contributed by atoms with Gasteiger partial charge in [-0.2, -0.15) is 0 Å². The Morgan fingerprint density at radius 3 is 2.68 bits per heavy atom. The van der Waals surface area contributed by atoms with Gasteiger partial charge in [0.2, 0.25) is 0 Å². The molecule has 0 bridgehead atoms. The lowest BCUT2D eigenvalue weighted by molar-refractivity contribution is -0.154. The molecule has 2 aromatic rings. The van der Waals surface area contributed by atoms with Crippen molar-refractivity contribution in [1.82, 2.24) is 19.4 Å². The van der Waals surface area contributed by atoms with Crippen LogP contribution >= 0.6 is 0 Å². The van der Waals surface area contributed by atoms with Crippen LogP contribution in [-0.2, 0) is 27.9 Å². The fraction of sp³-hybridized carbons (Fsp3) is 0.655. The van der Waals surface area contributed by atoms with Gasteiger partial charge in [-0.1, -0.05) is 26.2 Å². The second kappa shape index (κ2) is 14.2. The van der Waals surface area contributed by atoms with Crippen LogP contribution in [0.5, 0.6) is 5.75 Å². The standard InChI is InChI=1S/C29H44N4O5/c1-7-8-9-10-16-32(5)29(35)36-18-25-27(30-19-33(25)6)24-14-15-26(21(4)31-24)38-23-13-11-12-22(17-23)28(34)37-20(2)3/h14-15,19-20,22-23H,7-13,16-18H2,1-6H3/t22-,23-/m0/s1. The smallest absolute Gasteiger partial charge is 0.409 e. The summed E-state index contributed by atoms with van der Waals surface area (Å²) in [6.45, 7) is 8.61. The minimum atomic E-state index is -0.343. The molecule has 38 heavy (non-hydrogen) atoms. The van der Waals surface area contributed by atoms with Crippen LogP contribution < -0.4 is 4.74 Å². The first-order valence-corrected chi connectivity index (χ1v) is 13.9. The maximum absolute atomic E-state index is 12.5. The summed E-state index contributed by atoms with van der Waals surface area (Å²) in [4.78, 5) is 35.8. The predicted octanol–water partition coefficient (Wildman–Crippen LogP) is 5.83. The van der Waals surface area contributed by atoms with Crippen LogP contribution in [-0.4, -0.2) is 57.3 Å². The van der Waals surface area contributed by atoms with Crippen molar-refractivity contribution in [2.45, 2.75) is 97.9 Å². The topological polar surface area (TPSA) is 95.8 Å². The fourth-order valence-corrected chi connectivity index (χ4v) is 4.73. The van der Waals surface area contributed by atoms with Crippen molar-refractivity contribution in [3.8, 4) is 17.1 Å². The van der Waals surface area contributed by atoms with Crippen LogP contribution in [0.25, 0.3) is 11.4 Å². The summed E-state index contributed by atoms with van der Waals surface area (Å²) in [5, 5.41) is 0. The molecule has 9 heteroatoms. The molecule has 1 fully saturated rings. The number of aryl methyl sites for hydroxylation is 2. The number of nitrogens with zero attached hydrogens (tertiary/aromatic N) is 4. The normalized spacial score (nSPS) is 17.3. The largest absolute Gasteiger partial charge is 0.489 e. The van der Waals surface area contributed by atoms with Crippen LogP contribution in [0.4, 0.5) is 4.79 Å². The third-order valence-electron chi connectivity index (χ3n) is 6.94. The number of hydrogen-bond acceptors (Lipinski definition) is 7. The first-order chi connectivity index (χ1) is 18.2. The van der Waals surface area contributed by atoms with E-state index in [9.17, 15) is 9.59 Å². The van der Waals surface area contributed by atoms with Crippen LogP contribution in [0, 0.1) is 12.8 Å². The number of amides is 1. The zero-order valence-corrected chi connectivity index (χ0v) is 23.9. The van der Waals surface area contributed by atoms with Gasteiger partial charge in [-0.15, -0.1) is 0 Å². The summed E-state index contributed by atoms with van der Waals surface area (Å²) >= 11 is 0. The first-order valence-electron chi connectivity index (χ1n) is 13.9. The molecular weight excluding hydrogens is 484 g/mol. The lowest BCUT2D eigenvalue weighted by Gasteiger charge is -2.29.